The number of nitrogens with zero attached hydrogens (tertiary/aromatic N) is 4. The maximum absolute atomic E-state index is 13.2. The quantitative estimate of drug-likeness (QED) is 0.364. The fraction of sp³-hybridized carbons (Fsp3) is 0.640. The average Bonchev–Trinajstić information content (AvgIpc) is 3.19. The Hall–Kier alpha value is -1.86. The second-order valence-electron chi connectivity index (χ2n) is 10.5. The van der Waals surface area contributed by atoms with Crippen LogP contribution in [0.1, 0.15) is 51.4 Å². The summed E-state index contributed by atoms with van der Waals surface area (Å²) in [5.41, 5.74) is 1.48. The Bertz CT molecular complexity index is 1160. The van der Waals surface area contributed by atoms with E-state index in [2.05, 4.69) is 14.6 Å². The van der Waals surface area contributed by atoms with Crippen LogP contribution in [0.25, 0.3) is 16.7 Å². The molecule has 4 aliphatic rings. The molecule has 1 aromatic carbocycles. The molecule has 0 atom stereocenters. The number of para-hydroxylation sites is 1. The summed E-state index contributed by atoms with van der Waals surface area (Å²) in [7, 11) is 1.69. The third kappa shape index (κ3) is 3.48. The summed E-state index contributed by atoms with van der Waals surface area (Å²) in [5, 5.41) is 10.6. The number of aryl methyl sites for hydroxylation is 1. The summed E-state index contributed by atoms with van der Waals surface area (Å²) in [6.07, 6.45) is 10.9. The van der Waals surface area contributed by atoms with Gasteiger partial charge in [-0.25, -0.2) is 0 Å². The van der Waals surface area contributed by atoms with Gasteiger partial charge in [-0.2, -0.15) is 0 Å². The summed E-state index contributed by atoms with van der Waals surface area (Å²) < 4.78 is 9.05. The first-order valence-corrected chi connectivity index (χ1v) is 13.1. The predicted molar refractivity (Wildman–Crippen MR) is 127 cm³/mol. The molecule has 4 aliphatic carbocycles. The van der Waals surface area contributed by atoms with Crippen molar-refractivity contribution in [3.05, 3.63) is 34.6 Å². The standard InChI is InChI=1S/C25H32N4O2S/c1-31-9-4-8-28-22(30)20-5-2-3-6-21(20)29-23(28)26-27-24(29)32-10-7-25-14-17-11-18(15-25)13-19(12-17)16-25/h2-3,5-6,17-19H,4,7-16H2,1H3. The largest absolute Gasteiger partial charge is 0.385 e. The highest BCUT2D eigenvalue weighted by molar-refractivity contribution is 7.99. The lowest BCUT2D eigenvalue weighted by molar-refractivity contribution is -0.0538. The van der Waals surface area contributed by atoms with Crippen LogP contribution in [0.3, 0.4) is 0 Å². The van der Waals surface area contributed by atoms with Crippen LogP contribution in [0.15, 0.2) is 34.2 Å². The SMILES string of the molecule is COCCCn1c(=O)c2ccccc2n2c(SCCC34CC5CC(CC(C5)C3)C4)nnc12. The number of hydrogen-bond donors (Lipinski definition) is 0. The van der Waals surface area contributed by atoms with Gasteiger partial charge in [0.1, 0.15) is 0 Å². The number of ether oxygens (including phenoxy) is 1. The fourth-order valence-electron chi connectivity index (χ4n) is 7.35. The summed E-state index contributed by atoms with van der Waals surface area (Å²) >= 11 is 1.81. The number of aromatic nitrogens is 4. The van der Waals surface area contributed by atoms with E-state index in [0.717, 1.165) is 46.0 Å². The normalized spacial score (nSPS) is 28.8. The Kier molecular flexibility index (Phi) is 5.29. The molecule has 170 valence electrons. The van der Waals surface area contributed by atoms with E-state index in [1.54, 1.807) is 11.7 Å². The van der Waals surface area contributed by atoms with Gasteiger partial charge in [0.15, 0.2) is 5.16 Å². The van der Waals surface area contributed by atoms with E-state index in [4.69, 9.17) is 4.74 Å². The summed E-state index contributed by atoms with van der Waals surface area (Å²) in [6, 6.07) is 7.84. The van der Waals surface area contributed by atoms with Gasteiger partial charge < -0.3 is 4.74 Å². The van der Waals surface area contributed by atoms with Gasteiger partial charge in [0.05, 0.1) is 10.9 Å². The highest BCUT2D eigenvalue weighted by Gasteiger charge is 2.50. The molecule has 4 saturated carbocycles. The first kappa shape index (κ1) is 20.7. The van der Waals surface area contributed by atoms with Gasteiger partial charge in [0.2, 0.25) is 5.78 Å². The molecule has 6 nitrogen and oxygen atoms in total. The van der Waals surface area contributed by atoms with Crippen LogP contribution in [0.4, 0.5) is 0 Å². The lowest BCUT2D eigenvalue weighted by Crippen LogP contribution is -2.46. The van der Waals surface area contributed by atoms with Crippen LogP contribution in [-0.4, -0.2) is 38.6 Å². The molecule has 7 heteroatoms. The van der Waals surface area contributed by atoms with Crippen molar-refractivity contribution >= 4 is 28.4 Å². The molecular weight excluding hydrogens is 420 g/mol. The van der Waals surface area contributed by atoms with Crippen LogP contribution >= 0.6 is 11.8 Å². The van der Waals surface area contributed by atoms with Crippen molar-refractivity contribution in [3.63, 3.8) is 0 Å². The van der Waals surface area contributed by atoms with Crippen LogP contribution in [0, 0.1) is 23.2 Å². The highest BCUT2D eigenvalue weighted by Crippen LogP contribution is 2.61. The van der Waals surface area contributed by atoms with Gasteiger partial charge >= 0.3 is 0 Å². The summed E-state index contributed by atoms with van der Waals surface area (Å²) in [5.74, 6) is 4.69. The Morgan fingerprint density at radius 3 is 2.53 bits per heavy atom. The smallest absolute Gasteiger partial charge is 0.262 e. The number of benzene rings is 1. The molecule has 32 heavy (non-hydrogen) atoms. The molecule has 0 amide bonds. The molecule has 0 N–H and O–H groups in total. The van der Waals surface area contributed by atoms with E-state index in [9.17, 15) is 4.79 Å². The zero-order chi connectivity index (χ0) is 21.7. The maximum atomic E-state index is 13.2. The van der Waals surface area contributed by atoms with Gasteiger partial charge in [-0.1, -0.05) is 23.9 Å². The van der Waals surface area contributed by atoms with E-state index >= 15 is 0 Å². The van der Waals surface area contributed by atoms with Crippen LogP contribution in [0.2, 0.25) is 0 Å². The second kappa shape index (κ2) is 8.17. The molecule has 2 aromatic heterocycles. The molecule has 0 aliphatic heterocycles. The zero-order valence-electron chi connectivity index (χ0n) is 18.8. The minimum atomic E-state index is 0.00159. The minimum Gasteiger partial charge on any atom is -0.385 e. The topological polar surface area (TPSA) is 61.4 Å². The van der Waals surface area contributed by atoms with Crippen molar-refractivity contribution in [1.29, 1.82) is 0 Å². The Balaban J connectivity index is 1.29. The fourth-order valence-corrected chi connectivity index (χ4v) is 8.48. The van der Waals surface area contributed by atoms with E-state index in [0.29, 0.717) is 24.3 Å². The summed E-state index contributed by atoms with van der Waals surface area (Å²) in [4.78, 5) is 13.2. The lowest BCUT2D eigenvalue weighted by Gasteiger charge is -2.57. The first-order chi connectivity index (χ1) is 15.7. The Morgan fingerprint density at radius 1 is 1.09 bits per heavy atom. The number of methoxy groups -OCH3 is 1. The lowest BCUT2D eigenvalue weighted by atomic mass is 9.49. The van der Waals surface area contributed by atoms with Crippen molar-refractivity contribution in [1.82, 2.24) is 19.2 Å². The summed E-state index contributed by atoms with van der Waals surface area (Å²) in [6.45, 7) is 1.20. The Labute approximate surface area is 192 Å². The monoisotopic (exact) mass is 452 g/mol. The molecule has 0 saturated heterocycles. The van der Waals surface area contributed by atoms with Crippen LogP contribution in [-0.2, 0) is 11.3 Å². The van der Waals surface area contributed by atoms with Gasteiger partial charge in [0.25, 0.3) is 5.56 Å². The molecule has 7 rings (SSSR count). The van der Waals surface area contributed by atoms with Crippen LogP contribution in [0.5, 0.6) is 0 Å². The second-order valence-corrected chi connectivity index (χ2v) is 11.5. The van der Waals surface area contributed by atoms with Gasteiger partial charge in [-0.3, -0.25) is 13.8 Å². The van der Waals surface area contributed by atoms with Gasteiger partial charge in [0, 0.05) is 26.0 Å². The van der Waals surface area contributed by atoms with E-state index < -0.39 is 0 Å². The minimum absolute atomic E-state index is 0.00159. The molecule has 0 radical (unpaired) electrons. The average molecular weight is 453 g/mol. The Morgan fingerprint density at radius 2 is 1.81 bits per heavy atom. The maximum Gasteiger partial charge on any atom is 0.262 e. The van der Waals surface area contributed by atoms with Crippen molar-refractivity contribution in [2.75, 3.05) is 19.5 Å². The van der Waals surface area contributed by atoms with E-state index in [1.165, 1.54) is 44.9 Å². The zero-order valence-corrected chi connectivity index (χ0v) is 19.6. The van der Waals surface area contributed by atoms with E-state index in [-0.39, 0.29) is 5.56 Å². The molecule has 4 bridgehead atoms. The predicted octanol–water partition coefficient (Wildman–Crippen LogP) is 4.78. The van der Waals surface area contributed by atoms with Gasteiger partial charge in [-0.05, 0) is 86.7 Å². The highest BCUT2D eigenvalue weighted by atomic mass is 32.2. The van der Waals surface area contributed by atoms with Crippen molar-refractivity contribution in [2.45, 2.75) is 63.1 Å². The number of fused-ring (bicyclic) bond motifs is 3. The molecule has 0 unspecified atom stereocenters. The van der Waals surface area contributed by atoms with Crippen molar-refractivity contribution in [2.24, 2.45) is 23.2 Å². The van der Waals surface area contributed by atoms with Crippen molar-refractivity contribution < 1.29 is 4.74 Å². The molecular formula is C25H32N4O2S. The first-order valence-electron chi connectivity index (χ1n) is 12.1. The number of hydrogen-bond acceptors (Lipinski definition) is 5. The van der Waals surface area contributed by atoms with E-state index in [1.807, 2.05) is 36.0 Å². The number of rotatable bonds is 8. The third-order valence-electron chi connectivity index (χ3n) is 8.24. The number of thioether (sulfide) groups is 1. The van der Waals surface area contributed by atoms with Gasteiger partial charge in [-0.15, -0.1) is 10.2 Å². The molecule has 0 spiro atoms. The molecule has 4 fully saturated rings. The third-order valence-corrected chi connectivity index (χ3v) is 9.17. The molecule has 3 aromatic rings. The van der Waals surface area contributed by atoms with Crippen LogP contribution < -0.4 is 5.56 Å². The van der Waals surface area contributed by atoms with Crippen molar-refractivity contribution in [3.8, 4) is 0 Å². The molecule has 2 heterocycles.